The maximum atomic E-state index is 9.36. The average molecular weight is 204 g/mol. The normalized spacial score (nSPS) is 13.5. The molecule has 1 N–H and O–H groups in total. The van der Waals surface area contributed by atoms with Gasteiger partial charge in [0, 0.05) is 13.2 Å². The molecular weight excluding hydrogens is 180 g/mol. The fourth-order valence-electron chi connectivity index (χ4n) is 1.01. The molecule has 3 heteroatoms. The molecule has 0 radical (unpaired) electrons. The Kier molecular flexibility index (Phi) is 9.35. The number of aliphatic hydroxyl groups is 1. The Balaban J connectivity index is 3.55. The molecule has 14 heavy (non-hydrogen) atoms. The van der Waals surface area contributed by atoms with Crippen LogP contribution < -0.4 is 0 Å². The van der Waals surface area contributed by atoms with Crippen molar-refractivity contribution in [1.29, 1.82) is 0 Å². The summed E-state index contributed by atoms with van der Waals surface area (Å²) in [5.74, 6) is 0. The highest BCUT2D eigenvalue weighted by Gasteiger charge is 2.14. The number of hydrogen-bond donors (Lipinski definition) is 1. The highest BCUT2D eigenvalue weighted by Crippen LogP contribution is 2.04. The first-order chi connectivity index (χ1) is 6.72. The standard InChI is InChI=1S/C11H24O3/c1-4-6-8-13-11(10(3)12)14-9-7-5-2/h10-12H,4-9H2,1-3H3. The van der Waals surface area contributed by atoms with Gasteiger partial charge in [0.15, 0.2) is 6.29 Å². The van der Waals surface area contributed by atoms with Gasteiger partial charge in [0.05, 0.1) is 0 Å². The van der Waals surface area contributed by atoms with Crippen molar-refractivity contribution in [3.05, 3.63) is 0 Å². The minimum absolute atomic E-state index is 0.451. The summed E-state index contributed by atoms with van der Waals surface area (Å²) in [5, 5.41) is 9.36. The lowest BCUT2D eigenvalue weighted by Gasteiger charge is -2.20. The van der Waals surface area contributed by atoms with Crippen LogP contribution in [0.15, 0.2) is 0 Å². The van der Waals surface area contributed by atoms with Gasteiger partial charge in [0.25, 0.3) is 0 Å². The maximum Gasteiger partial charge on any atom is 0.183 e. The summed E-state index contributed by atoms with van der Waals surface area (Å²) in [5.41, 5.74) is 0. The number of hydrogen-bond acceptors (Lipinski definition) is 3. The lowest BCUT2D eigenvalue weighted by Crippen LogP contribution is -2.30. The van der Waals surface area contributed by atoms with Crippen molar-refractivity contribution in [2.45, 2.75) is 58.8 Å². The van der Waals surface area contributed by atoms with E-state index in [9.17, 15) is 5.11 Å². The molecule has 0 aromatic carbocycles. The third-order valence-electron chi connectivity index (χ3n) is 1.95. The summed E-state index contributed by atoms with van der Waals surface area (Å²) in [4.78, 5) is 0. The molecule has 0 rings (SSSR count). The van der Waals surface area contributed by atoms with Crippen molar-refractivity contribution in [1.82, 2.24) is 0 Å². The second-order valence-electron chi connectivity index (χ2n) is 3.56. The lowest BCUT2D eigenvalue weighted by atomic mass is 10.3. The average Bonchev–Trinajstić information content (AvgIpc) is 2.15. The lowest BCUT2D eigenvalue weighted by molar-refractivity contribution is -0.190. The van der Waals surface area contributed by atoms with Gasteiger partial charge in [0.1, 0.15) is 6.10 Å². The van der Waals surface area contributed by atoms with E-state index in [1.807, 2.05) is 0 Å². The zero-order valence-electron chi connectivity index (χ0n) is 9.66. The van der Waals surface area contributed by atoms with E-state index >= 15 is 0 Å². The highest BCUT2D eigenvalue weighted by atomic mass is 16.7. The van der Waals surface area contributed by atoms with Gasteiger partial charge in [-0.1, -0.05) is 26.7 Å². The van der Waals surface area contributed by atoms with Crippen LogP contribution in [0.5, 0.6) is 0 Å². The quantitative estimate of drug-likeness (QED) is 0.463. The largest absolute Gasteiger partial charge is 0.388 e. The molecular formula is C11H24O3. The number of rotatable bonds is 9. The van der Waals surface area contributed by atoms with E-state index in [4.69, 9.17) is 9.47 Å². The Morgan fingerprint density at radius 3 is 1.71 bits per heavy atom. The van der Waals surface area contributed by atoms with Gasteiger partial charge in [-0.3, -0.25) is 0 Å². The molecule has 0 aliphatic heterocycles. The SMILES string of the molecule is CCCCOC(OCCCC)C(C)O. The van der Waals surface area contributed by atoms with Crippen LogP contribution in [0.4, 0.5) is 0 Å². The van der Waals surface area contributed by atoms with Crippen LogP contribution in [0.2, 0.25) is 0 Å². The van der Waals surface area contributed by atoms with Gasteiger partial charge in [0.2, 0.25) is 0 Å². The predicted molar refractivity (Wildman–Crippen MR) is 57.2 cm³/mol. The van der Waals surface area contributed by atoms with Crippen LogP contribution in [0.3, 0.4) is 0 Å². The van der Waals surface area contributed by atoms with E-state index in [2.05, 4.69) is 13.8 Å². The summed E-state index contributed by atoms with van der Waals surface area (Å²) < 4.78 is 10.8. The fraction of sp³-hybridized carbons (Fsp3) is 1.00. The first kappa shape index (κ1) is 13.9. The summed E-state index contributed by atoms with van der Waals surface area (Å²) in [6.45, 7) is 7.25. The second-order valence-corrected chi connectivity index (χ2v) is 3.56. The summed E-state index contributed by atoms with van der Waals surface area (Å²) in [6.07, 6.45) is 3.22. The maximum absolute atomic E-state index is 9.36. The molecule has 0 bridgehead atoms. The molecule has 0 aromatic heterocycles. The van der Waals surface area contributed by atoms with Crippen LogP contribution in [0.1, 0.15) is 46.5 Å². The van der Waals surface area contributed by atoms with Gasteiger partial charge in [-0.25, -0.2) is 0 Å². The predicted octanol–water partition coefficient (Wildman–Crippen LogP) is 2.33. The third kappa shape index (κ3) is 7.30. The Hall–Kier alpha value is -0.120. The molecule has 0 aliphatic rings. The van der Waals surface area contributed by atoms with Crippen LogP contribution in [0, 0.1) is 0 Å². The summed E-state index contributed by atoms with van der Waals surface area (Å²) >= 11 is 0. The van der Waals surface area contributed by atoms with Crippen LogP contribution in [-0.4, -0.2) is 30.7 Å². The topological polar surface area (TPSA) is 38.7 Å². The van der Waals surface area contributed by atoms with Crippen molar-refractivity contribution in [3.8, 4) is 0 Å². The fourth-order valence-corrected chi connectivity index (χ4v) is 1.01. The Morgan fingerprint density at radius 2 is 1.43 bits per heavy atom. The summed E-state index contributed by atoms with van der Waals surface area (Å²) in [7, 11) is 0. The van der Waals surface area contributed by atoms with Crippen molar-refractivity contribution in [2.24, 2.45) is 0 Å². The van der Waals surface area contributed by atoms with E-state index < -0.39 is 12.4 Å². The molecule has 0 aliphatic carbocycles. The highest BCUT2D eigenvalue weighted by molar-refractivity contribution is 4.53. The van der Waals surface area contributed by atoms with E-state index in [-0.39, 0.29) is 0 Å². The smallest absolute Gasteiger partial charge is 0.183 e. The van der Waals surface area contributed by atoms with Crippen molar-refractivity contribution < 1.29 is 14.6 Å². The zero-order valence-corrected chi connectivity index (χ0v) is 9.66. The molecule has 0 amide bonds. The van der Waals surface area contributed by atoms with Gasteiger partial charge in [-0.15, -0.1) is 0 Å². The molecule has 0 saturated carbocycles. The minimum Gasteiger partial charge on any atom is -0.388 e. The number of aliphatic hydroxyl groups excluding tert-OH is 1. The van der Waals surface area contributed by atoms with Crippen LogP contribution >= 0.6 is 0 Å². The van der Waals surface area contributed by atoms with Gasteiger partial charge in [-0.05, 0) is 19.8 Å². The monoisotopic (exact) mass is 204 g/mol. The van der Waals surface area contributed by atoms with E-state index in [0.29, 0.717) is 13.2 Å². The molecule has 0 aromatic rings. The van der Waals surface area contributed by atoms with E-state index in [0.717, 1.165) is 25.7 Å². The Bertz CT molecular complexity index is 105. The number of unbranched alkanes of at least 4 members (excludes halogenated alkanes) is 2. The first-order valence-corrected chi connectivity index (χ1v) is 5.63. The van der Waals surface area contributed by atoms with Gasteiger partial charge < -0.3 is 14.6 Å². The minimum atomic E-state index is -0.552. The van der Waals surface area contributed by atoms with Crippen molar-refractivity contribution in [2.75, 3.05) is 13.2 Å². The molecule has 3 nitrogen and oxygen atoms in total. The number of ether oxygens (including phenoxy) is 2. The second kappa shape index (κ2) is 9.44. The molecule has 0 heterocycles. The van der Waals surface area contributed by atoms with E-state index in [1.54, 1.807) is 6.92 Å². The van der Waals surface area contributed by atoms with Crippen LogP contribution in [-0.2, 0) is 9.47 Å². The molecule has 0 spiro atoms. The molecule has 1 unspecified atom stereocenters. The summed E-state index contributed by atoms with van der Waals surface area (Å²) in [6, 6.07) is 0. The van der Waals surface area contributed by atoms with E-state index in [1.165, 1.54) is 0 Å². The Labute approximate surface area is 87.4 Å². The van der Waals surface area contributed by atoms with Gasteiger partial charge in [-0.2, -0.15) is 0 Å². The van der Waals surface area contributed by atoms with Crippen molar-refractivity contribution in [3.63, 3.8) is 0 Å². The molecule has 0 saturated heterocycles. The molecule has 0 fully saturated rings. The zero-order chi connectivity index (χ0) is 10.8. The van der Waals surface area contributed by atoms with Crippen molar-refractivity contribution >= 4 is 0 Å². The first-order valence-electron chi connectivity index (χ1n) is 5.63. The Morgan fingerprint density at radius 1 is 1.00 bits per heavy atom. The van der Waals surface area contributed by atoms with Crippen LogP contribution in [0.25, 0.3) is 0 Å². The van der Waals surface area contributed by atoms with Gasteiger partial charge >= 0.3 is 0 Å². The molecule has 86 valence electrons. The third-order valence-corrected chi connectivity index (χ3v) is 1.95. The molecule has 1 atom stereocenters.